The van der Waals surface area contributed by atoms with E-state index in [4.69, 9.17) is 11.6 Å². The number of amides is 1. The highest BCUT2D eigenvalue weighted by atomic mass is 35.5. The van der Waals surface area contributed by atoms with Crippen molar-refractivity contribution in [3.8, 4) is 0 Å². The molecule has 4 rings (SSSR count). The quantitative estimate of drug-likeness (QED) is 0.703. The molecule has 126 valence electrons. The molecule has 2 heterocycles. The first-order valence-electron chi connectivity index (χ1n) is 8.02. The van der Waals surface area contributed by atoms with Crippen molar-refractivity contribution < 1.29 is 4.79 Å². The van der Waals surface area contributed by atoms with E-state index in [9.17, 15) is 4.79 Å². The Labute approximate surface area is 150 Å². The van der Waals surface area contributed by atoms with Crippen LogP contribution in [-0.2, 0) is 4.79 Å². The van der Waals surface area contributed by atoms with Gasteiger partial charge in [-0.05, 0) is 49.4 Å². The maximum Gasteiger partial charge on any atom is 0.225 e. The molecule has 1 aliphatic rings. The first-order valence-corrected chi connectivity index (χ1v) is 8.39. The van der Waals surface area contributed by atoms with E-state index in [1.807, 2.05) is 49.4 Å². The zero-order valence-electron chi connectivity index (χ0n) is 13.9. The number of pyridine rings is 1. The van der Waals surface area contributed by atoms with E-state index in [0.29, 0.717) is 11.7 Å². The smallest absolute Gasteiger partial charge is 0.225 e. The van der Waals surface area contributed by atoms with Gasteiger partial charge in [0.2, 0.25) is 5.91 Å². The monoisotopic (exact) mass is 352 g/mol. The molecule has 0 spiro atoms. The number of hydrogen-bond donors (Lipinski definition) is 2. The van der Waals surface area contributed by atoms with Crippen LogP contribution in [0.3, 0.4) is 0 Å². The Hall–Kier alpha value is -2.79. The molecule has 1 aromatic heterocycles. The van der Waals surface area contributed by atoms with Crippen LogP contribution in [0.2, 0.25) is 5.02 Å². The van der Waals surface area contributed by atoms with Gasteiger partial charge in [0.1, 0.15) is 0 Å². The third-order valence-corrected chi connectivity index (χ3v) is 4.53. The van der Waals surface area contributed by atoms with Crippen LogP contribution in [0.5, 0.6) is 0 Å². The molecule has 0 radical (unpaired) electrons. The second-order valence-electron chi connectivity index (χ2n) is 6.08. The van der Waals surface area contributed by atoms with E-state index < -0.39 is 0 Å². The minimum Gasteiger partial charge on any atom is -0.366 e. The molecule has 2 aromatic carbocycles. The molecule has 1 aliphatic heterocycles. The number of aromatic nitrogens is 1. The van der Waals surface area contributed by atoms with Crippen LogP contribution in [-0.4, -0.2) is 17.6 Å². The number of halogens is 1. The number of anilines is 4. The van der Waals surface area contributed by atoms with Crippen LogP contribution in [0.4, 0.5) is 22.7 Å². The molecular formula is C19H17ClN4O. The van der Waals surface area contributed by atoms with Crippen molar-refractivity contribution in [3.05, 3.63) is 53.2 Å². The zero-order chi connectivity index (χ0) is 17.6. The molecule has 2 N–H and O–H groups in total. The summed E-state index contributed by atoms with van der Waals surface area (Å²) in [5.74, 6) is -0.00299. The summed E-state index contributed by atoms with van der Waals surface area (Å²) in [6.07, 6.45) is 0. The summed E-state index contributed by atoms with van der Waals surface area (Å²) in [6.45, 7) is 4.00. The SMILES string of the molecule is CC(=O)N1CNc2ccc3nc(C)cc(Nc4ccc(Cl)cc4)c3c21. The molecular weight excluding hydrogens is 336 g/mol. The summed E-state index contributed by atoms with van der Waals surface area (Å²) in [4.78, 5) is 18.4. The van der Waals surface area contributed by atoms with Crippen LogP contribution >= 0.6 is 11.6 Å². The van der Waals surface area contributed by atoms with E-state index in [1.165, 1.54) is 0 Å². The normalized spacial score (nSPS) is 12.8. The minimum atomic E-state index is -0.00299. The van der Waals surface area contributed by atoms with Gasteiger partial charge in [0.25, 0.3) is 0 Å². The molecule has 1 amide bonds. The number of nitrogens with one attached hydrogen (secondary N) is 2. The molecule has 25 heavy (non-hydrogen) atoms. The van der Waals surface area contributed by atoms with Gasteiger partial charge in [-0.15, -0.1) is 0 Å². The molecule has 0 saturated heterocycles. The zero-order valence-corrected chi connectivity index (χ0v) is 14.7. The lowest BCUT2D eigenvalue weighted by molar-refractivity contribution is -0.116. The molecule has 6 heteroatoms. The Bertz CT molecular complexity index is 985. The van der Waals surface area contributed by atoms with E-state index in [1.54, 1.807) is 11.8 Å². The highest BCUT2D eigenvalue weighted by molar-refractivity contribution is 6.30. The Kier molecular flexibility index (Phi) is 3.73. The summed E-state index contributed by atoms with van der Waals surface area (Å²) in [7, 11) is 0. The van der Waals surface area contributed by atoms with Gasteiger partial charge >= 0.3 is 0 Å². The summed E-state index contributed by atoms with van der Waals surface area (Å²) in [5.41, 5.74) is 5.40. The van der Waals surface area contributed by atoms with Gasteiger partial charge in [0.05, 0.1) is 29.2 Å². The third kappa shape index (κ3) is 2.76. The average Bonchev–Trinajstić information content (AvgIpc) is 3.00. The number of carbonyl (C=O) groups excluding carboxylic acids is 1. The van der Waals surface area contributed by atoms with Crippen LogP contribution in [0.25, 0.3) is 10.9 Å². The topological polar surface area (TPSA) is 57.3 Å². The molecule has 0 bridgehead atoms. The van der Waals surface area contributed by atoms with Crippen LogP contribution in [0, 0.1) is 6.92 Å². The number of rotatable bonds is 2. The van der Waals surface area contributed by atoms with Crippen molar-refractivity contribution in [2.45, 2.75) is 13.8 Å². The fourth-order valence-corrected chi connectivity index (χ4v) is 3.29. The van der Waals surface area contributed by atoms with Crippen molar-refractivity contribution >= 4 is 51.2 Å². The fourth-order valence-electron chi connectivity index (χ4n) is 3.16. The van der Waals surface area contributed by atoms with Gasteiger partial charge < -0.3 is 10.6 Å². The van der Waals surface area contributed by atoms with Crippen LogP contribution < -0.4 is 15.5 Å². The summed E-state index contributed by atoms with van der Waals surface area (Å²) >= 11 is 5.98. The lowest BCUT2D eigenvalue weighted by atomic mass is 10.1. The molecule has 5 nitrogen and oxygen atoms in total. The number of nitrogens with zero attached hydrogens (tertiary/aromatic N) is 2. The van der Waals surface area contributed by atoms with Crippen molar-refractivity contribution in [3.63, 3.8) is 0 Å². The highest BCUT2D eigenvalue weighted by Crippen LogP contribution is 2.42. The second kappa shape index (κ2) is 5.93. The molecule has 0 saturated carbocycles. The number of fused-ring (bicyclic) bond motifs is 3. The Balaban J connectivity index is 1.92. The third-order valence-electron chi connectivity index (χ3n) is 4.28. The highest BCUT2D eigenvalue weighted by Gasteiger charge is 2.26. The Morgan fingerprint density at radius 3 is 2.72 bits per heavy atom. The molecule has 3 aromatic rings. The van der Waals surface area contributed by atoms with Crippen molar-refractivity contribution in [1.29, 1.82) is 0 Å². The molecule has 0 atom stereocenters. The Morgan fingerprint density at radius 2 is 2.00 bits per heavy atom. The van der Waals surface area contributed by atoms with E-state index in [0.717, 1.165) is 39.3 Å². The minimum absolute atomic E-state index is 0.00299. The van der Waals surface area contributed by atoms with Crippen LogP contribution in [0.1, 0.15) is 12.6 Å². The largest absolute Gasteiger partial charge is 0.366 e. The van der Waals surface area contributed by atoms with Gasteiger partial charge in [-0.2, -0.15) is 0 Å². The second-order valence-corrected chi connectivity index (χ2v) is 6.52. The lowest BCUT2D eigenvalue weighted by Crippen LogP contribution is -2.27. The first-order chi connectivity index (χ1) is 12.0. The summed E-state index contributed by atoms with van der Waals surface area (Å²) in [5, 5.41) is 8.33. The number of hydrogen-bond acceptors (Lipinski definition) is 4. The number of benzene rings is 2. The van der Waals surface area contributed by atoms with Gasteiger partial charge in [0, 0.05) is 28.7 Å². The van der Waals surface area contributed by atoms with Crippen molar-refractivity contribution in [2.75, 3.05) is 22.2 Å². The standard InChI is InChI=1S/C19H17ClN4O/c1-11-9-17(23-14-5-3-13(20)4-6-14)18-15(22-11)7-8-16-19(18)24(10-21-16)12(2)25/h3-9,21H,10H2,1-2H3,(H,22,23). The van der Waals surface area contributed by atoms with Gasteiger partial charge in [-0.1, -0.05) is 11.6 Å². The lowest BCUT2D eigenvalue weighted by Gasteiger charge is -2.18. The first kappa shape index (κ1) is 15.7. The predicted octanol–water partition coefficient (Wildman–Crippen LogP) is 4.68. The maximum absolute atomic E-state index is 12.1. The molecule has 0 aliphatic carbocycles. The summed E-state index contributed by atoms with van der Waals surface area (Å²) < 4.78 is 0. The maximum atomic E-state index is 12.1. The Morgan fingerprint density at radius 1 is 1.24 bits per heavy atom. The van der Waals surface area contributed by atoms with Crippen molar-refractivity contribution in [2.24, 2.45) is 0 Å². The summed E-state index contributed by atoms with van der Waals surface area (Å²) in [6, 6.07) is 13.5. The van der Waals surface area contributed by atoms with E-state index >= 15 is 0 Å². The fraction of sp³-hybridized carbons (Fsp3) is 0.158. The van der Waals surface area contributed by atoms with Crippen molar-refractivity contribution in [1.82, 2.24) is 4.98 Å². The average molecular weight is 353 g/mol. The van der Waals surface area contributed by atoms with Crippen LogP contribution in [0.15, 0.2) is 42.5 Å². The van der Waals surface area contributed by atoms with E-state index in [-0.39, 0.29) is 5.91 Å². The molecule has 0 unspecified atom stereocenters. The molecule has 0 fully saturated rings. The predicted molar refractivity (Wildman–Crippen MR) is 103 cm³/mol. The number of aryl methyl sites for hydroxylation is 1. The van der Waals surface area contributed by atoms with Gasteiger partial charge in [-0.3, -0.25) is 14.7 Å². The number of carbonyl (C=O) groups is 1. The van der Waals surface area contributed by atoms with Gasteiger partial charge in [-0.25, -0.2) is 0 Å². The van der Waals surface area contributed by atoms with Gasteiger partial charge in [0.15, 0.2) is 0 Å². The van der Waals surface area contributed by atoms with E-state index in [2.05, 4.69) is 15.6 Å².